The Labute approximate surface area is 659 Å². The van der Waals surface area contributed by atoms with E-state index in [2.05, 4.69) is 125 Å². The van der Waals surface area contributed by atoms with Crippen LogP contribution in [0.25, 0.3) is 44.5 Å². The van der Waals surface area contributed by atoms with Crippen LogP contribution >= 0.6 is 0 Å². The summed E-state index contributed by atoms with van der Waals surface area (Å²) in [6.45, 7) is 24.9. The third-order valence-electron chi connectivity index (χ3n) is 10.7. The van der Waals surface area contributed by atoms with Gasteiger partial charge in [-0.05, 0) is 166 Å². The van der Waals surface area contributed by atoms with Crippen LogP contribution in [-0.4, -0.2) is 0 Å². The summed E-state index contributed by atoms with van der Waals surface area (Å²) >= 11 is 0. The van der Waals surface area contributed by atoms with E-state index in [4.69, 9.17) is 0 Å². The molecule has 0 N–H and O–H groups in total. The van der Waals surface area contributed by atoms with Crippen molar-refractivity contribution in [2.75, 3.05) is 0 Å². The number of rotatable bonds is 0. The molecule has 4 aliphatic rings. The summed E-state index contributed by atoms with van der Waals surface area (Å²) in [5.74, 6) is 0. The Balaban J connectivity index is -0.0000000871. The van der Waals surface area contributed by atoms with Crippen LogP contribution in [0, 0.1) is 57.4 Å². The van der Waals surface area contributed by atoms with Crippen molar-refractivity contribution >= 4 is 0 Å². The predicted molar refractivity (Wildman–Crippen MR) is 256 cm³/mol. The first kappa shape index (κ1) is 94.8. The summed E-state index contributed by atoms with van der Waals surface area (Å²) in [5.41, 5.74) is 29.4. The SMILES string of the molecule is CC.CC.CC.CC.Cc1cc(C)c2c(c1)-c1cc3c(cc1C2)-c1ccccc1C3.Cc1cc(C)c2c(c1)-c1ccc3c(c1C2)Cc1ccccc1-3.[CH3-].[CH3-].[CH3-].[CH3-].[Y].[Y].[Y].[Y].[Y].[Y].[Y].[Y].[Y].[Y]. The molecule has 0 aliphatic heterocycles. The largest absolute Gasteiger partial charge is 0.358 e. The van der Waals surface area contributed by atoms with E-state index in [-0.39, 0.29) is 357 Å². The van der Waals surface area contributed by atoms with E-state index in [1.165, 1.54) is 100 Å². The van der Waals surface area contributed by atoms with Gasteiger partial charge < -0.3 is 29.7 Å². The van der Waals surface area contributed by atoms with Gasteiger partial charge in [-0.2, -0.15) is 0 Å². The average Bonchev–Trinajstić information content (AvgIpc) is 3.95. The maximum atomic E-state index is 2.45. The molecule has 0 saturated carbocycles. The topological polar surface area (TPSA) is 0 Å². The fraction of sp³-hybridized carbons (Fsp3) is 0.286. The summed E-state index contributed by atoms with van der Waals surface area (Å²) in [4.78, 5) is 0. The van der Waals surface area contributed by atoms with Gasteiger partial charge in [-0.15, -0.1) is 0 Å². The van der Waals surface area contributed by atoms with E-state index < -0.39 is 0 Å². The van der Waals surface area contributed by atoms with Gasteiger partial charge in [0.15, 0.2) is 0 Å². The molecule has 66 heavy (non-hydrogen) atoms. The maximum absolute atomic E-state index is 2.45. The summed E-state index contributed by atoms with van der Waals surface area (Å²) in [7, 11) is 0. The summed E-state index contributed by atoms with van der Waals surface area (Å²) in [6.07, 6.45) is 4.37. The third kappa shape index (κ3) is 21.5. The molecule has 10 heteroatoms. The summed E-state index contributed by atoms with van der Waals surface area (Å²) < 4.78 is 0. The van der Waals surface area contributed by atoms with Crippen LogP contribution in [0.3, 0.4) is 0 Å². The van der Waals surface area contributed by atoms with Crippen molar-refractivity contribution in [1.82, 2.24) is 0 Å². The van der Waals surface area contributed by atoms with Crippen molar-refractivity contribution in [2.24, 2.45) is 0 Å². The minimum absolute atomic E-state index is 0. The molecule has 0 atom stereocenters. The second-order valence-corrected chi connectivity index (χ2v) is 13.5. The molecule has 6 aromatic rings. The van der Waals surface area contributed by atoms with Gasteiger partial charge in [-0.1, -0.05) is 151 Å². The maximum Gasteiger partial charge on any atom is 0 e. The van der Waals surface area contributed by atoms with E-state index in [1.807, 2.05) is 55.4 Å². The van der Waals surface area contributed by atoms with Gasteiger partial charge in [0.1, 0.15) is 0 Å². The van der Waals surface area contributed by atoms with Crippen LogP contribution in [0.4, 0.5) is 0 Å². The van der Waals surface area contributed by atoms with E-state index in [9.17, 15) is 0 Å². The van der Waals surface area contributed by atoms with Crippen molar-refractivity contribution in [3.05, 3.63) is 194 Å². The summed E-state index contributed by atoms with van der Waals surface area (Å²) in [6, 6.07) is 36.7. The molecule has 0 amide bonds. The van der Waals surface area contributed by atoms with Gasteiger partial charge in [0.05, 0.1) is 0 Å². The number of fused-ring (bicyclic) bond motifs is 13. The first-order valence-corrected chi connectivity index (χ1v) is 20.1. The first-order valence-electron chi connectivity index (χ1n) is 20.1. The molecule has 0 nitrogen and oxygen atoms in total. The molecule has 0 fully saturated rings. The monoisotopic (exact) mass is 1630 g/mol. The molecule has 0 saturated heterocycles. The van der Waals surface area contributed by atoms with Crippen LogP contribution in [0.5, 0.6) is 0 Å². The molecule has 0 bridgehead atoms. The van der Waals surface area contributed by atoms with Crippen molar-refractivity contribution in [3.63, 3.8) is 0 Å². The Morgan fingerprint density at radius 2 is 0.561 bits per heavy atom. The molecule has 0 unspecified atom stereocenters. The van der Waals surface area contributed by atoms with Crippen molar-refractivity contribution < 1.29 is 327 Å². The zero-order chi connectivity index (χ0) is 37.7. The smallest absolute Gasteiger partial charge is 0 e. The van der Waals surface area contributed by atoms with Gasteiger partial charge in [-0.25, -0.2) is 0 Å². The van der Waals surface area contributed by atoms with Crippen molar-refractivity contribution in [1.29, 1.82) is 0 Å². The van der Waals surface area contributed by atoms with Gasteiger partial charge in [0.25, 0.3) is 0 Å². The van der Waals surface area contributed by atoms with Crippen LogP contribution in [-0.2, 0) is 353 Å². The molecule has 330 valence electrons. The summed E-state index contributed by atoms with van der Waals surface area (Å²) in [5, 5.41) is 0. The molecular formula is C56H72Y10-4. The number of aryl methyl sites for hydroxylation is 4. The normalized spacial score (nSPS) is 9.39. The Morgan fingerprint density at radius 3 is 1.02 bits per heavy atom. The van der Waals surface area contributed by atoms with E-state index in [0.717, 1.165) is 25.7 Å². The zero-order valence-electron chi connectivity index (χ0n) is 43.8. The van der Waals surface area contributed by atoms with E-state index in [1.54, 1.807) is 11.1 Å². The standard InChI is InChI=1S/2C22H18.4C2H6.4CH3.10Y/c1-13-7-14(2)19-10-17-12-20-16(11-21(17)22(19)8-13)9-15-5-3-4-6-18(15)20;1-13-9-14(2)19-12-22-18(20(19)10-13)8-7-17-16-6-4-3-5-15(16)11-21(17)22;4*1-2;;;;;;;;;;;;;;/h3-8,11-12H,9-10H2,1-2H3;3-10H,11-12H2,1-2H3;4*1-2H3;4*1H3;;;;;;;;;;/q;;;;;;4*-1;;;;;;;;;;. The minimum atomic E-state index is 0. The second-order valence-electron chi connectivity index (χ2n) is 13.5. The zero-order valence-corrected chi connectivity index (χ0v) is 72.2. The van der Waals surface area contributed by atoms with Gasteiger partial charge in [0, 0.05) is 327 Å². The Hall–Kier alpha value is 6.36. The second kappa shape index (κ2) is 47.4. The molecular weight excluding hydrogens is 1560 g/mol. The first-order chi connectivity index (χ1) is 25.4. The fourth-order valence-electron chi connectivity index (χ4n) is 8.67. The van der Waals surface area contributed by atoms with Crippen LogP contribution in [0.2, 0.25) is 0 Å². The molecule has 10 rings (SSSR count). The Bertz CT molecular complexity index is 2230. The van der Waals surface area contributed by atoms with Crippen LogP contribution < -0.4 is 0 Å². The van der Waals surface area contributed by atoms with E-state index in [0.29, 0.717) is 0 Å². The van der Waals surface area contributed by atoms with Crippen LogP contribution in [0.15, 0.2) is 97.1 Å². The van der Waals surface area contributed by atoms with Gasteiger partial charge >= 0.3 is 0 Å². The Kier molecular flexibility index (Phi) is 68.0. The quantitative estimate of drug-likeness (QED) is 0.133. The Morgan fingerprint density at radius 1 is 0.258 bits per heavy atom. The third-order valence-corrected chi connectivity index (χ3v) is 10.7. The fourth-order valence-corrected chi connectivity index (χ4v) is 8.67. The van der Waals surface area contributed by atoms with Gasteiger partial charge in [-0.3, -0.25) is 0 Å². The number of hydrogen-bond acceptors (Lipinski definition) is 0. The molecule has 0 aromatic heterocycles. The van der Waals surface area contributed by atoms with Crippen molar-refractivity contribution in [2.45, 2.75) is 109 Å². The average molecular weight is 1630 g/mol. The van der Waals surface area contributed by atoms with Gasteiger partial charge in [0.2, 0.25) is 0 Å². The van der Waals surface area contributed by atoms with Crippen LogP contribution in [0.1, 0.15) is 122 Å². The number of benzene rings is 6. The van der Waals surface area contributed by atoms with E-state index >= 15 is 0 Å². The minimum Gasteiger partial charge on any atom is -0.358 e. The molecule has 6 aromatic carbocycles. The predicted octanol–water partition coefficient (Wildman–Crippen LogP) is 16.8. The molecule has 0 spiro atoms. The van der Waals surface area contributed by atoms with Crippen molar-refractivity contribution in [3.8, 4) is 44.5 Å². The molecule has 10 radical (unpaired) electrons. The molecule has 0 heterocycles. The molecule has 4 aliphatic carbocycles. The number of hydrogen-bond donors (Lipinski definition) is 0.